The van der Waals surface area contributed by atoms with Gasteiger partial charge in [-0.25, -0.2) is 0 Å². The Morgan fingerprint density at radius 1 is 1.00 bits per heavy atom. The summed E-state index contributed by atoms with van der Waals surface area (Å²) in [6, 6.07) is 17.2. The van der Waals surface area contributed by atoms with Gasteiger partial charge in [-0.3, -0.25) is 9.59 Å². The summed E-state index contributed by atoms with van der Waals surface area (Å²) >= 11 is 1.47. The van der Waals surface area contributed by atoms with Crippen molar-refractivity contribution < 1.29 is 22.8 Å². The molecule has 0 bridgehead atoms. The first-order chi connectivity index (χ1) is 15.3. The molecular formula is C24H19F3N2O2S. The quantitative estimate of drug-likeness (QED) is 0.543. The van der Waals surface area contributed by atoms with Crippen LogP contribution in [0.25, 0.3) is 0 Å². The van der Waals surface area contributed by atoms with Crippen LogP contribution < -0.4 is 10.2 Å². The summed E-state index contributed by atoms with van der Waals surface area (Å²) in [5.74, 6) is -0.500. The topological polar surface area (TPSA) is 49.4 Å². The van der Waals surface area contributed by atoms with Crippen LogP contribution in [0.4, 0.5) is 18.9 Å². The van der Waals surface area contributed by atoms with Crippen molar-refractivity contribution in [2.24, 2.45) is 0 Å². The van der Waals surface area contributed by atoms with Gasteiger partial charge in [0.1, 0.15) is 0 Å². The Labute approximate surface area is 187 Å². The van der Waals surface area contributed by atoms with E-state index in [1.165, 1.54) is 23.9 Å². The minimum Gasteiger partial charge on any atom is -0.348 e. The van der Waals surface area contributed by atoms with Gasteiger partial charge in [0.25, 0.3) is 11.8 Å². The number of nitrogens with zero attached hydrogens (tertiary/aromatic N) is 1. The Hall–Kier alpha value is -3.26. The third kappa shape index (κ3) is 4.36. The minimum absolute atomic E-state index is 0.0880. The van der Waals surface area contributed by atoms with Crippen molar-refractivity contribution in [3.63, 3.8) is 0 Å². The number of rotatable bonds is 4. The zero-order chi connectivity index (χ0) is 22.9. The monoisotopic (exact) mass is 456 g/mol. The molecule has 3 aromatic rings. The number of halogens is 3. The van der Waals surface area contributed by atoms with Crippen LogP contribution in [0.15, 0.2) is 76.5 Å². The summed E-state index contributed by atoms with van der Waals surface area (Å²) in [6.07, 6.45) is -4.40. The molecule has 0 unspecified atom stereocenters. The Bertz CT molecular complexity index is 1180. The zero-order valence-corrected chi connectivity index (χ0v) is 17.9. The van der Waals surface area contributed by atoms with Crippen LogP contribution in [-0.2, 0) is 12.7 Å². The minimum atomic E-state index is -4.40. The molecule has 8 heteroatoms. The molecule has 1 N–H and O–H groups in total. The van der Waals surface area contributed by atoms with E-state index in [1.807, 2.05) is 31.2 Å². The maximum Gasteiger partial charge on any atom is 0.416 e. The maximum atomic E-state index is 13.1. The van der Waals surface area contributed by atoms with Gasteiger partial charge in [0.15, 0.2) is 0 Å². The first-order valence-corrected chi connectivity index (χ1v) is 10.8. The summed E-state index contributed by atoms with van der Waals surface area (Å²) in [4.78, 5) is 29.1. The number of alkyl halides is 3. The molecule has 4 rings (SSSR count). The summed E-state index contributed by atoms with van der Waals surface area (Å²) in [6.45, 7) is 2.40. The fraction of sp³-hybridized carbons (Fsp3) is 0.167. The molecule has 0 aliphatic carbocycles. The van der Waals surface area contributed by atoms with Crippen molar-refractivity contribution in [1.29, 1.82) is 0 Å². The van der Waals surface area contributed by atoms with Crippen LogP contribution in [0.1, 0.15) is 38.8 Å². The fourth-order valence-corrected chi connectivity index (χ4v) is 4.53. The van der Waals surface area contributed by atoms with Gasteiger partial charge in [0.05, 0.1) is 16.8 Å². The van der Waals surface area contributed by atoms with Gasteiger partial charge < -0.3 is 10.2 Å². The van der Waals surface area contributed by atoms with Crippen LogP contribution in [0.5, 0.6) is 0 Å². The highest BCUT2D eigenvalue weighted by atomic mass is 32.2. The van der Waals surface area contributed by atoms with Gasteiger partial charge in [-0.1, -0.05) is 36.0 Å². The van der Waals surface area contributed by atoms with Gasteiger partial charge in [-0.15, -0.1) is 0 Å². The van der Waals surface area contributed by atoms with Gasteiger partial charge in [0, 0.05) is 28.4 Å². The van der Waals surface area contributed by atoms with Crippen LogP contribution >= 0.6 is 11.8 Å². The number of fused-ring (bicyclic) bond motifs is 2. The first-order valence-electron chi connectivity index (χ1n) is 9.95. The predicted octanol–water partition coefficient (Wildman–Crippen LogP) is 5.77. The molecule has 0 atom stereocenters. The van der Waals surface area contributed by atoms with E-state index in [-0.39, 0.29) is 18.4 Å². The Morgan fingerprint density at radius 3 is 2.41 bits per heavy atom. The number of carbonyl (C=O) groups is 2. The average Bonchev–Trinajstić information content (AvgIpc) is 2.90. The summed E-state index contributed by atoms with van der Waals surface area (Å²) < 4.78 is 38.1. The third-order valence-electron chi connectivity index (χ3n) is 5.15. The maximum absolute atomic E-state index is 13.1. The van der Waals surface area contributed by atoms with Gasteiger partial charge in [-0.2, -0.15) is 13.2 Å². The molecular weight excluding hydrogens is 437 g/mol. The Kier molecular flexibility index (Phi) is 5.97. The fourth-order valence-electron chi connectivity index (χ4n) is 3.47. The SMILES string of the molecule is CCN1C(=O)c2ccccc2Sc2ccc(C(=O)NCc3ccc(C(F)(F)F)cc3)cc21. The molecule has 1 heterocycles. The van der Waals surface area contributed by atoms with Crippen molar-refractivity contribution in [3.8, 4) is 0 Å². The Morgan fingerprint density at radius 2 is 1.72 bits per heavy atom. The molecule has 32 heavy (non-hydrogen) atoms. The van der Waals surface area contributed by atoms with E-state index in [4.69, 9.17) is 0 Å². The molecule has 164 valence electrons. The molecule has 0 fully saturated rings. The standard InChI is InChI=1S/C24H19F3N2O2S/c1-2-29-19-13-16(9-12-21(19)32-20-6-4-3-5-18(20)23(29)31)22(30)28-14-15-7-10-17(11-8-15)24(25,26)27/h3-13H,2,14H2,1H3,(H,28,30). The first kappa shape index (κ1) is 22.0. The largest absolute Gasteiger partial charge is 0.416 e. The molecule has 1 aliphatic heterocycles. The lowest BCUT2D eigenvalue weighted by atomic mass is 10.1. The van der Waals surface area contributed by atoms with Crippen molar-refractivity contribution in [2.45, 2.75) is 29.4 Å². The number of anilines is 1. The van der Waals surface area contributed by atoms with Crippen molar-refractivity contribution >= 4 is 29.3 Å². The predicted molar refractivity (Wildman–Crippen MR) is 117 cm³/mol. The van der Waals surface area contributed by atoms with E-state index < -0.39 is 11.7 Å². The van der Waals surface area contributed by atoms with Crippen molar-refractivity contribution in [3.05, 3.63) is 89.0 Å². The molecule has 0 saturated heterocycles. The molecule has 3 aromatic carbocycles. The second kappa shape index (κ2) is 8.70. The highest BCUT2D eigenvalue weighted by Crippen LogP contribution is 2.41. The summed E-state index contributed by atoms with van der Waals surface area (Å²) in [5.41, 5.74) is 1.46. The normalized spacial score (nSPS) is 13.2. The van der Waals surface area contributed by atoms with Gasteiger partial charge >= 0.3 is 6.18 Å². The van der Waals surface area contributed by atoms with Gasteiger partial charge in [-0.05, 0) is 55.0 Å². The molecule has 2 amide bonds. The van der Waals surface area contributed by atoms with E-state index in [2.05, 4.69) is 5.32 Å². The van der Waals surface area contributed by atoms with Crippen LogP contribution in [0, 0.1) is 0 Å². The second-order valence-electron chi connectivity index (χ2n) is 7.21. The smallest absolute Gasteiger partial charge is 0.348 e. The van der Waals surface area contributed by atoms with E-state index in [1.54, 1.807) is 23.1 Å². The van der Waals surface area contributed by atoms with E-state index >= 15 is 0 Å². The highest BCUT2D eigenvalue weighted by Gasteiger charge is 2.30. The molecule has 0 saturated carbocycles. The van der Waals surface area contributed by atoms with Crippen LogP contribution in [0.2, 0.25) is 0 Å². The molecule has 0 spiro atoms. The number of hydrogen-bond acceptors (Lipinski definition) is 3. The van der Waals surface area contributed by atoms with E-state index in [0.717, 1.165) is 21.9 Å². The second-order valence-corrected chi connectivity index (χ2v) is 8.29. The van der Waals surface area contributed by atoms with Crippen LogP contribution in [0.3, 0.4) is 0 Å². The molecule has 1 aliphatic rings. The van der Waals surface area contributed by atoms with E-state index in [0.29, 0.717) is 28.9 Å². The number of benzene rings is 3. The lowest BCUT2D eigenvalue weighted by Gasteiger charge is -2.21. The number of carbonyl (C=O) groups excluding carboxylic acids is 2. The molecule has 0 radical (unpaired) electrons. The third-order valence-corrected chi connectivity index (χ3v) is 6.29. The van der Waals surface area contributed by atoms with Crippen LogP contribution in [-0.4, -0.2) is 18.4 Å². The average molecular weight is 456 g/mol. The van der Waals surface area contributed by atoms with Crippen molar-refractivity contribution in [1.82, 2.24) is 5.32 Å². The number of nitrogens with one attached hydrogen (secondary N) is 1. The molecule has 0 aromatic heterocycles. The van der Waals surface area contributed by atoms with E-state index in [9.17, 15) is 22.8 Å². The zero-order valence-electron chi connectivity index (χ0n) is 17.1. The molecule has 4 nitrogen and oxygen atoms in total. The van der Waals surface area contributed by atoms with Crippen molar-refractivity contribution in [2.75, 3.05) is 11.4 Å². The lowest BCUT2D eigenvalue weighted by molar-refractivity contribution is -0.137. The number of amides is 2. The summed E-state index contributed by atoms with van der Waals surface area (Å²) in [7, 11) is 0. The Balaban J connectivity index is 1.54. The summed E-state index contributed by atoms with van der Waals surface area (Å²) in [5, 5.41) is 2.73. The highest BCUT2D eigenvalue weighted by molar-refractivity contribution is 7.99. The van der Waals surface area contributed by atoms with Gasteiger partial charge in [0.2, 0.25) is 0 Å². The lowest BCUT2D eigenvalue weighted by Crippen LogP contribution is -2.31. The number of hydrogen-bond donors (Lipinski definition) is 1.